The number of nitrogens with zero attached hydrogens (tertiary/aromatic N) is 2. The Labute approximate surface area is 99.9 Å². The molecule has 2 heterocycles. The predicted molar refractivity (Wildman–Crippen MR) is 70.4 cm³/mol. The molecule has 0 aliphatic carbocycles. The van der Waals surface area contributed by atoms with E-state index in [9.17, 15) is 0 Å². The van der Waals surface area contributed by atoms with Gasteiger partial charge >= 0.3 is 0 Å². The highest BCUT2D eigenvalue weighted by molar-refractivity contribution is 7.18. The van der Waals surface area contributed by atoms with E-state index in [4.69, 9.17) is 0 Å². The fourth-order valence-electron chi connectivity index (χ4n) is 1.62. The van der Waals surface area contributed by atoms with Gasteiger partial charge in [0.25, 0.3) is 0 Å². The smallest absolute Gasteiger partial charge is 0.138 e. The Balaban J connectivity index is 2.63. The molecule has 4 heteroatoms. The van der Waals surface area contributed by atoms with Crippen LogP contribution in [0.4, 0.5) is 5.82 Å². The number of hydrogen-bond acceptors (Lipinski definition) is 4. The Hall–Kier alpha value is -1.16. The van der Waals surface area contributed by atoms with Crippen molar-refractivity contribution in [3.63, 3.8) is 0 Å². The van der Waals surface area contributed by atoms with Gasteiger partial charge in [0.05, 0.1) is 5.39 Å². The quantitative estimate of drug-likeness (QED) is 0.884. The Kier molecular flexibility index (Phi) is 3.10. The molecule has 1 N–H and O–H groups in total. The second-order valence-electron chi connectivity index (χ2n) is 4.19. The SMILES string of the molecule is CCNc1nc(C(C)C)nc2sc(C)cc12. The van der Waals surface area contributed by atoms with Crippen LogP contribution in [0.25, 0.3) is 10.2 Å². The molecule has 0 aliphatic heterocycles. The molecule has 0 aromatic carbocycles. The highest BCUT2D eigenvalue weighted by Gasteiger charge is 2.11. The largest absolute Gasteiger partial charge is 0.370 e. The number of anilines is 1. The Morgan fingerprint density at radius 1 is 1.38 bits per heavy atom. The molecule has 86 valence electrons. The summed E-state index contributed by atoms with van der Waals surface area (Å²) in [6.45, 7) is 9.33. The maximum atomic E-state index is 4.61. The molecule has 0 spiro atoms. The number of aryl methyl sites for hydroxylation is 1. The summed E-state index contributed by atoms with van der Waals surface area (Å²) in [5.74, 6) is 2.26. The van der Waals surface area contributed by atoms with E-state index in [0.29, 0.717) is 5.92 Å². The lowest BCUT2D eigenvalue weighted by Crippen LogP contribution is -2.04. The third-order valence-corrected chi connectivity index (χ3v) is 3.34. The van der Waals surface area contributed by atoms with Crippen LogP contribution in [0.5, 0.6) is 0 Å². The first kappa shape index (κ1) is 11.3. The molecule has 2 aromatic rings. The molecular formula is C12H17N3S. The third-order valence-electron chi connectivity index (χ3n) is 2.39. The van der Waals surface area contributed by atoms with Crippen LogP contribution in [0.15, 0.2) is 6.07 Å². The van der Waals surface area contributed by atoms with Crippen molar-refractivity contribution in [2.45, 2.75) is 33.6 Å². The van der Waals surface area contributed by atoms with Crippen molar-refractivity contribution in [2.24, 2.45) is 0 Å². The minimum absolute atomic E-state index is 0.365. The van der Waals surface area contributed by atoms with Crippen LogP contribution in [0.2, 0.25) is 0 Å². The van der Waals surface area contributed by atoms with Crippen LogP contribution in [-0.4, -0.2) is 16.5 Å². The minimum atomic E-state index is 0.365. The molecule has 16 heavy (non-hydrogen) atoms. The summed E-state index contributed by atoms with van der Waals surface area (Å²) in [7, 11) is 0. The Morgan fingerprint density at radius 2 is 2.12 bits per heavy atom. The van der Waals surface area contributed by atoms with E-state index >= 15 is 0 Å². The Morgan fingerprint density at radius 3 is 2.75 bits per heavy atom. The molecule has 0 unspecified atom stereocenters. The molecule has 0 fully saturated rings. The number of nitrogens with one attached hydrogen (secondary N) is 1. The van der Waals surface area contributed by atoms with Gasteiger partial charge in [-0.15, -0.1) is 11.3 Å². The van der Waals surface area contributed by atoms with E-state index in [2.05, 4.69) is 49.0 Å². The number of hydrogen-bond donors (Lipinski definition) is 1. The zero-order valence-corrected chi connectivity index (χ0v) is 11.0. The van der Waals surface area contributed by atoms with Crippen LogP contribution in [0.1, 0.15) is 37.4 Å². The van der Waals surface area contributed by atoms with Gasteiger partial charge in [-0.25, -0.2) is 9.97 Å². The fraction of sp³-hybridized carbons (Fsp3) is 0.500. The molecule has 0 saturated heterocycles. The first-order chi connectivity index (χ1) is 7.61. The van der Waals surface area contributed by atoms with Crippen molar-refractivity contribution in [2.75, 3.05) is 11.9 Å². The van der Waals surface area contributed by atoms with E-state index in [1.165, 1.54) is 4.88 Å². The lowest BCUT2D eigenvalue weighted by atomic mass is 10.2. The third kappa shape index (κ3) is 2.02. The van der Waals surface area contributed by atoms with E-state index in [1.807, 2.05) is 0 Å². The molecule has 0 amide bonds. The number of rotatable bonds is 3. The standard InChI is InChI=1S/C12H17N3S/c1-5-13-11-9-6-8(4)16-12(9)15-10(14-11)7(2)3/h6-7H,5H2,1-4H3,(H,13,14,15). The number of thiophene rings is 1. The monoisotopic (exact) mass is 235 g/mol. The molecule has 2 rings (SSSR count). The highest BCUT2D eigenvalue weighted by atomic mass is 32.1. The molecule has 3 nitrogen and oxygen atoms in total. The summed E-state index contributed by atoms with van der Waals surface area (Å²) < 4.78 is 0. The van der Waals surface area contributed by atoms with Crippen LogP contribution in [0.3, 0.4) is 0 Å². The van der Waals surface area contributed by atoms with Crippen molar-refractivity contribution in [3.05, 3.63) is 16.8 Å². The molecule has 0 radical (unpaired) electrons. The van der Waals surface area contributed by atoms with Crippen molar-refractivity contribution in [1.82, 2.24) is 9.97 Å². The second kappa shape index (κ2) is 4.37. The van der Waals surface area contributed by atoms with E-state index in [0.717, 1.165) is 28.4 Å². The zero-order valence-electron chi connectivity index (χ0n) is 10.2. The van der Waals surface area contributed by atoms with Gasteiger partial charge in [-0.1, -0.05) is 13.8 Å². The number of aromatic nitrogens is 2. The minimum Gasteiger partial charge on any atom is -0.370 e. The maximum absolute atomic E-state index is 4.61. The van der Waals surface area contributed by atoms with Crippen molar-refractivity contribution in [1.29, 1.82) is 0 Å². The Bertz CT molecular complexity index is 502. The van der Waals surface area contributed by atoms with Crippen LogP contribution < -0.4 is 5.32 Å². The average molecular weight is 235 g/mol. The van der Waals surface area contributed by atoms with Crippen LogP contribution in [0, 0.1) is 6.92 Å². The van der Waals surface area contributed by atoms with Gasteiger partial charge < -0.3 is 5.32 Å². The van der Waals surface area contributed by atoms with E-state index in [1.54, 1.807) is 11.3 Å². The van der Waals surface area contributed by atoms with Gasteiger partial charge in [0.2, 0.25) is 0 Å². The average Bonchev–Trinajstić information content (AvgIpc) is 2.58. The summed E-state index contributed by atoms with van der Waals surface area (Å²) in [6.07, 6.45) is 0. The van der Waals surface area contributed by atoms with E-state index < -0.39 is 0 Å². The van der Waals surface area contributed by atoms with E-state index in [-0.39, 0.29) is 0 Å². The van der Waals surface area contributed by atoms with Crippen molar-refractivity contribution in [3.8, 4) is 0 Å². The summed E-state index contributed by atoms with van der Waals surface area (Å²) in [5, 5.41) is 4.46. The first-order valence-electron chi connectivity index (χ1n) is 5.63. The summed E-state index contributed by atoms with van der Waals surface area (Å²) in [5.41, 5.74) is 0. The lowest BCUT2D eigenvalue weighted by molar-refractivity contribution is 0.785. The van der Waals surface area contributed by atoms with Gasteiger partial charge in [0.15, 0.2) is 0 Å². The normalized spacial score (nSPS) is 11.3. The maximum Gasteiger partial charge on any atom is 0.138 e. The van der Waals surface area contributed by atoms with Crippen LogP contribution >= 0.6 is 11.3 Å². The summed E-state index contributed by atoms with van der Waals surface area (Å²) in [6, 6.07) is 2.15. The summed E-state index contributed by atoms with van der Waals surface area (Å²) >= 11 is 1.73. The van der Waals surface area contributed by atoms with Gasteiger partial charge in [0.1, 0.15) is 16.5 Å². The first-order valence-corrected chi connectivity index (χ1v) is 6.45. The molecule has 0 aliphatic rings. The van der Waals surface area contributed by atoms with Crippen molar-refractivity contribution < 1.29 is 0 Å². The molecule has 0 saturated carbocycles. The van der Waals surface area contributed by atoms with Gasteiger partial charge in [-0.2, -0.15) is 0 Å². The lowest BCUT2D eigenvalue weighted by Gasteiger charge is -2.08. The van der Waals surface area contributed by atoms with Gasteiger partial charge in [0, 0.05) is 17.3 Å². The van der Waals surface area contributed by atoms with Gasteiger partial charge in [-0.3, -0.25) is 0 Å². The molecular weight excluding hydrogens is 218 g/mol. The number of fused-ring (bicyclic) bond motifs is 1. The predicted octanol–water partition coefficient (Wildman–Crippen LogP) is 3.55. The second-order valence-corrected chi connectivity index (χ2v) is 5.43. The topological polar surface area (TPSA) is 37.8 Å². The molecule has 0 bridgehead atoms. The molecule has 0 atom stereocenters. The summed E-state index contributed by atoms with van der Waals surface area (Å²) in [4.78, 5) is 11.6. The van der Waals surface area contributed by atoms with Crippen LogP contribution in [-0.2, 0) is 0 Å². The molecule has 2 aromatic heterocycles. The fourth-order valence-corrected chi connectivity index (χ4v) is 2.51. The zero-order chi connectivity index (χ0) is 11.7. The van der Waals surface area contributed by atoms with Gasteiger partial charge in [-0.05, 0) is 19.9 Å². The van der Waals surface area contributed by atoms with Crippen molar-refractivity contribution >= 4 is 27.4 Å². The highest BCUT2D eigenvalue weighted by Crippen LogP contribution is 2.29.